The van der Waals surface area contributed by atoms with Crippen LogP contribution in [-0.4, -0.2) is 38.9 Å². The van der Waals surface area contributed by atoms with Crippen LogP contribution in [0.25, 0.3) is 0 Å². The summed E-state index contributed by atoms with van der Waals surface area (Å²) in [5.74, 6) is 3.16. The van der Waals surface area contributed by atoms with Crippen molar-refractivity contribution in [2.24, 2.45) is 0 Å². The van der Waals surface area contributed by atoms with Crippen LogP contribution >= 0.6 is 11.8 Å². The number of nitrogens with one attached hydrogen (secondary N) is 1. The van der Waals surface area contributed by atoms with Gasteiger partial charge in [0.25, 0.3) is 0 Å². The molecule has 0 heterocycles. The Bertz CT molecular complexity index is 360. The Labute approximate surface area is 127 Å². The topological polar surface area (TPSA) is 30.5 Å². The van der Waals surface area contributed by atoms with Gasteiger partial charge in [-0.25, -0.2) is 0 Å². The summed E-state index contributed by atoms with van der Waals surface area (Å²) in [5.41, 5.74) is 1.25. The third-order valence-electron chi connectivity index (χ3n) is 3.08. The lowest BCUT2D eigenvalue weighted by molar-refractivity contribution is 0.200. The molecule has 20 heavy (non-hydrogen) atoms. The van der Waals surface area contributed by atoms with Crippen LogP contribution in [0.1, 0.15) is 31.4 Å². The number of hydrogen-bond acceptors (Lipinski definition) is 4. The number of ether oxygens (including phenoxy) is 2. The van der Waals surface area contributed by atoms with Gasteiger partial charge >= 0.3 is 0 Å². The summed E-state index contributed by atoms with van der Waals surface area (Å²) in [6, 6.07) is 8.63. The molecule has 0 aliphatic rings. The van der Waals surface area contributed by atoms with E-state index < -0.39 is 0 Å². The van der Waals surface area contributed by atoms with Crippen LogP contribution in [0.5, 0.6) is 5.75 Å². The highest BCUT2D eigenvalue weighted by Crippen LogP contribution is 2.27. The Hall–Kier alpha value is -0.710. The summed E-state index contributed by atoms with van der Waals surface area (Å²) in [6.07, 6.45) is 2.24. The molecule has 0 radical (unpaired) electrons. The molecule has 1 rings (SSSR count). The van der Waals surface area contributed by atoms with Crippen molar-refractivity contribution in [3.63, 3.8) is 0 Å². The second-order valence-electron chi connectivity index (χ2n) is 4.67. The van der Waals surface area contributed by atoms with Crippen LogP contribution in [0.3, 0.4) is 0 Å². The van der Waals surface area contributed by atoms with Gasteiger partial charge in [-0.05, 0) is 31.2 Å². The second-order valence-corrected chi connectivity index (χ2v) is 5.82. The van der Waals surface area contributed by atoms with E-state index in [1.165, 1.54) is 5.56 Å². The van der Waals surface area contributed by atoms with Crippen molar-refractivity contribution < 1.29 is 9.47 Å². The summed E-state index contributed by atoms with van der Waals surface area (Å²) < 4.78 is 10.6. The van der Waals surface area contributed by atoms with E-state index in [9.17, 15) is 0 Å². The molecule has 0 spiro atoms. The van der Waals surface area contributed by atoms with Crippen molar-refractivity contribution in [3.05, 3.63) is 29.8 Å². The Morgan fingerprint density at radius 2 is 2.05 bits per heavy atom. The standard InChI is InChI=1S/C16H27NO2S/c1-4-10-17-15(13-20-12-7-11-18-2)14-8-5-6-9-16(14)19-3/h5-6,8-9,15,17H,4,7,10-13H2,1-3H3. The largest absolute Gasteiger partial charge is 0.496 e. The third-order valence-corrected chi connectivity index (χ3v) is 4.22. The average molecular weight is 297 g/mol. The fourth-order valence-corrected chi connectivity index (χ4v) is 3.06. The maximum absolute atomic E-state index is 5.48. The number of methoxy groups -OCH3 is 2. The maximum Gasteiger partial charge on any atom is 0.123 e. The first-order chi connectivity index (χ1) is 9.83. The van der Waals surface area contributed by atoms with Gasteiger partial charge in [0.05, 0.1) is 7.11 Å². The molecule has 1 N–H and O–H groups in total. The fourth-order valence-electron chi connectivity index (χ4n) is 2.04. The van der Waals surface area contributed by atoms with Gasteiger partial charge < -0.3 is 14.8 Å². The first-order valence-electron chi connectivity index (χ1n) is 7.26. The lowest BCUT2D eigenvalue weighted by atomic mass is 10.1. The quantitative estimate of drug-likeness (QED) is 0.633. The Balaban J connectivity index is 2.58. The monoisotopic (exact) mass is 297 g/mol. The van der Waals surface area contributed by atoms with E-state index in [4.69, 9.17) is 9.47 Å². The van der Waals surface area contributed by atoms with Crippen LogP contribution in [-0.2, 0) is 4.74 Å². The number of hydrogen-bond donors (Lipinski definition) is 1. The fraction of sp³-hybridized carbons (Fsp3) is 0.625. The smallest absolute Gasteiger partial charge is 0.123 e. The molecular formula is C16H27NO2S. The van der Waals surface area contributed by atoms with Gasteiger partial charge in [0, 0.05) is 31.1 Å². The van der Waals surface area contributed by atoms with E-state index in [1.54, 1.807) is 14.2 Å². The van der Waals surface area contributed by atoms with Crippen molar-refractivity contribution in [1.29, 1.82) is 0 Å². The summed E-state index contributed by atoms with van der Waals surface area (Å²) in [7, 11) is 3.49. The zero-order chi connectivity index (χ0) is 14.6. The van der Waals surface area contributed by atoms with Gasteiger partial charge in [-0.3, -0.25) is 0 Å². The van der Waals surface area contributed by atoms with Crippen LogP contribution in [0.2, 0.25) is 0 Å². The van der Waals surface area contributed by atoms with Gasteiger partial charge in [-0.1, -0.05) is 25.1 Å². The summed E-state index contributed by atoms with van der Waals surface area (Å²) in [4.78, 5) is 0. The molecule has 1 aromatic rings. The molecule has 0 fully saturated rings. The average Bonchev–Trinajstić information content (AvgIpc) is 2.50. The predicted octanol–water partition coefficient (Wildman–Crippen LogP) is 3.51. The summed E-state index contributed by atoms with van der Waals surface area (Å²) >= 11 is 1.97. The number of benzene rings is 1. The van der Waals surface area contributed by atoms with Crippen LogP contribution in [0, 0.1) is 0 Å². The lowest BCUT2D eigenvalue weighted by Gasteiger charge is -2.21. The molecule has 1 unspecified atom stereocenters. The molecule has 114 valence electrons. The maximum atomic E-state index is 5.48. The highest BCUT2D eigenvalue weighted by molar-refractivity contribution is 7.99. The highest BCUT2D eigenvalue weighted by Gasteiger charge is 2.14. The highest BCUT2D eigenvalue weighted by atomic mass is 32.2. The van der Waals surface area contributed by atoms with Crippen molar-refractivity contribution in [2.75, 3.05) is 38.9 Å². The van der Waals surface area contributed by atoms with Crippen LogP contribution in [0.15, 0.2) is 24.3 Å². The molecule has 0 saturated carbocycles. The number of rotatable bonds is 11. The Morgan fingerprint density at radius 1 is 1.25 bits per heavy atom. The van der Waals surface area contributed by atoms with E-state index in [0.29, 0.717) is 6.04 Å². The molecule has 0 saturated heterocycles. The van der Waals surface area contributed by atoms with Crippen molar-refractivity contribution in [2.45, 2.75) is 25.8 Å². The van der Waals surface area contributed by atoms with Crippen LogP contribution in [0.4, 0.5) is 0 Å². The lowest BCUT2D eigenvalue weighted by Crippen LogP contribution is -2.24. The Kier molecular flexibility index (Phi) is 9.54. The molecule has 1 aromatic carbocycles. The zero-order valence-corrected chi connectivity index (χ0v) is 13.7. The van der Waals surface area contributed by atoms with Crippen molar-refractivity contribution in [1.82, 2.24) is 5.32 Å². The van der Waals surface area contributed by atoms with E-state index in [1.807, 2.05) is 23.9 Å². The minimum absolute atomic E-state index is 0.346. The van der Waals surface area contributed by atoms with Gasteiger partial charge in [0.2, 0.25) is 0 Å². The van der Waals surface area contributed by atoms with Gasteiger partial charge in [0.1, 0.15) is 5.75 Å². The first kappa shape index (κ1) is 17.3. The molecule has 4 heteroatoms. The normalized spacial score (nSPS) is 12.3. The second kappa shape index (κ2) is 11.0. The predicted molar refractivity (Wildman–Crippen MR) is 87.8 cm³/mol. The van der Waals surface area contributed by atoms with Crippen molar-refractivity contribution in [3.8, 4) is 5.75 Å². The third kappa shape index (κ3) is 6.16. The van der Waals surface area contributed by atoms with Gasteiger partial charge in [-0.2, -0.15) is 11.8 Å². The molecule has 0 amide bonds. The summed E-state index contributed by atoms with van der Waals surface area (Å²) in [6.45, 7) is 4.06. The molecule has 0 aliphatic carbocycles. The first-order valence-corrected chi connectivity index (χ1v) is 8.41. The molecule has 0 bridgehead atoms. The zero-order valence-electron chi connectivity index (χ0n) is 12.9. The molecule has 3 nitrogen and oxygen atoms in total. The van der Waals surface area contributed by atoms with Crippen molar-refractivity contribution >= 4 is 11.8 Å². The molecular weight excluding hydrogens is 270 g/mol. The summed E-state index contributed by atoms with van der Waals surface area (Å²) in [5, 5.41) is 3.62. The molecule has 0 aromatic heterocycles. The number of para-hydroxylation sites is 1. The Morgan fingerprint density at radius 3 is 2.75 bits per heavy atom. The van der Waals surface area contributed by atoms with Crippen LogP contribution < -0.4 is 10.1 Å². The van der Waals surface area contributed by atoms with Gasteiger partial charge in [-0.15, -0.1) is 0 Å². The van der Waals surface area contributed by atoms with E-state index in [-0.39, 0.29) is 0 Å². The van der Waals surface area contributed by atoms with E-state index in [2.05, 4.69) is 24.4 Å². The van der Waals surface area contributed by atoms with E-state index >= 15 is 0 Å². The SMILES string of the molecule is CCCNC(CSCCCOC)c1ccccc1OC. The minimum atomic E-state index is 0.346. The number of thioether (sulfide) groups is 1. The van der Waals surface area contributed by atoms with Gasteiger partial charge in [0.15, 0.2) is 0 Å². The molecule has 0 aliphatic heterocycles. The minimum Gasteiger partial charge on any atom is -0.496 e. The molecule has 1 atom stereocenters. The van der Waals surface area contributed by atoms with E-state index in [0.717, 1.165) is 43.2 Å².